The second-order valence-electron chi connectivity index (χ2n) is 3.65. The van der Waals surface area contributed by atoms with Crippen molar-refractivity contribution in [2.45, 2.75) is 58.5 Å². The Kier molecular flexibility index (Phi) is 5.98. The lowest BCUT2D eigenvalue weighted by Crippen LogP contribution is -2.19. The quantitative estimate of drug-likeness (QED) is 0.561. The lowest BCUT2D eigenvalue weighted by molar-refractivity contribution is 0.110. The van der Waals surface area contributed by atoms with Gasteiger partial charge in [0.05, 0.1) is 17.5 Å². The highest BCUT2D eigenvalue weighted by molar-refractivity contribution is 6.07. The first-order valence-electron chi connectivity index (χ1n) is 4.42. The molecule has 0 N–H and O–H groups in total. The molecule has 0 unspecified atom stereocenters. The van der Waals surface area contributed by atoms with Gasteiger partial charge in [-0.3, -0.25) is 4.29 Å². The van der Waals surface area contributed by atoms with Crippen molar-refractivity contribution in [2.24, 2.45) is 0 Å². The van der Waals surface area contributed by atoms with Gasteiger partial charge in [-0.05, 0) is 20.3 Å². The molecule has 0 saturated carbocycles. The van der Waals surface area contributed by atoms with Crippen LogP contribution in [0.3, 0.4) is 0 Å². The molecule has 0 aliphatic rings. The highest BCUT2D eigenvalue weighted by Gasteiger charge is 2.16. The minimum atomic E-state index is -0.144. The van der Waals surface area contributed by atoms with Crippen LogP contribution in [0.15, 0.2) is 0 Å². The van der Waals surface area contributed by atoms with Crippen molar-refractivity contribution in [3.63, 3.8) is 0 Å². The van der Waals surface area contributed by atoms with Gasteiger partial charge in [-0.2, -0.15) is 0 Å². The normalized spacial score (nSPS) is 12.0. The Morgan fingerprint density at radius 1 is 1.18 bits per heavy atom. The van der Waals surface area contributed by atoms with E-state index in [-0.39, 0.29) is 5.60 Å². The van der Waals surface area contributed by atoms with E-state index in [0.717, 1.165) is 6.42 Å². The monoisotopic (exact) mass is 178 g/mol. The maximum atomic E-state index is 5.31. The molecule has 0 atom stereocenters. The number of hydrogen-bond donors (Lipinski definition) is 0. The molecule has 1 nitrogen and oxygen atoms in total. The zero-order valence-electron chi connectivity index (χ0n) is 7.82. The fourth-order valence-corrected chi connectivity index (χ4v) is 1.09. The summed E-state index contributed by atoms with van der Waals surface area (Å²) in [6, 6.07) is 0. The Balaban J connectivity index is 3.23. The van der Waals surface area contributed by atoms with Crippen LogP contribution >= 0.6 is 11.9 Å². The van der Waals surface area contributed by atoms with Gasteiger partial charge >= 0.3 is 0 Å². The summed E-state index contributed by atoms with van der Waals surface area (Å²) in [4.78, 5) is 0. The van der Waals surface area contributed by atoms with Crippen molar-refractivity contribution in [2.75, 3.05) is 0 Å². The van der Waals surface area contributed by atoms with Gasteiger partial charge in [0, 0.05) is 0 Å². The van der Waals surface area contributed by atoms with Gasteiger partial charge in [-0.25, -0.2) is 0 Å². The zero-order chi connectivity index (χ0) is 8.74. The van der Waals surface area contributed by atoms with E-state index in [1.165, 1.54) is 25.7 Å². The molecule has 2 heteroatoms. The van der Waals surface area contributed by atoms with Crippen LogP contribution in [0.25, 0.3) is 0 Å². The molecule has 0 radical (unpaired) electrons. The van der Waals surface area contributed by atoms with Gasteiger partial charge in [0.25, 0.3) is 0 Å². The first-order chi connectivity index (χ1) is 5.12. The average Bonchev–Trinajstić information content (AvgIpc) is 1.99. The van der Waals surface area contributed by atoms with E-state index in [0.29, 0.717) is 0 Å². The van der Waals surface area contributed by atoms with Crippen LogP contribution < -0.4 is 0 Å². The summed E-state index contributed by atoms with van der Waals surface area (Å²) >= 11 is 5.31. The van der Waals surface area contributed by atoms with E-state index in [1.807, 2.05) is 13.8 Å². The number of unbranched alkanes of at least 4 members (excludes halogenated alkanes) is 3. The van der Waals surface area contributed by atoms with Gasteiger partial charge < -0.3 is 0 Å². The van der Waals surface area contributed by atoms with Gasteiger partial charge in [-0.1, -0.05) is 32.6 Å². The first-order valence-corrected chi connectivity index (χ1v) is 4.73. The molecule has 0 fully saturated rings. The molecule has 0 aromatic heterocycles. The van der Waals surface area contributed by atoms with Crippen LogP contribution in [0.2, 0.25) is 0 Å². The van der Waals surface area contributed by atoms with Crippen LogP contribution in [0.4, 0.5) is 0 Å². The van der Waals surface area contributed by atoms with E-state index in [4.69, 9.17) is 16.2 Å². The number of hydrogen-bond acceptors (Lipinski definition) is 1. The molecule has 0 spiro atoms. The fraction of sp³-hybridized carbons (Fsp3) is 1.00. The molecule has 0 aliphatic carbocycles. The lowest BCUT2D eigenvalue weighted by atomic mass is 10.0. The van der Waals surface area contributed by atoms with E-state index in [2.05, 4.69) is 6.92 Å². The van der Waals surface area contributed by atoms with Crippen molar-refractivity contribution in [1.82, 2.24) is 0 Å². The second kappa shape index (κ2) is 5.84. The van der Waals surface area contributed by atoms with Gasteiger partial charge in [-0.15, -0.1) is 0 Å². The Hall–Kier alpha value is 0.250. The summed E-state index contributed by atoms with van der Waals surface area (Å²) in [5.74, 6) is 0. The molecule has 11 heavy (non-hydrogen) atoms. The smallest absolute Gasteiger partial charge is 0.0841 e. The third-order valence-electron chi connectivity index (χ3n) is 1.84. The van der Waals surface area contributed by atoms with Crippen molar-refractivity contribution >= 4 is 11.9 Å². The Labute approximate surface area is 75.2 Å². The fourth-order valence-electron chi connectivity index (χ4n) is 1.02. The summed E-state index contributed by atoms with van der Waals surface area (Å²) in [5.41, 5.74) is -0.144. The molecular formula is C9H19ClO. The third kappa shape index (κ3) is 6.64. The van der Waals surface area contributed by atoms with Crippen LogP contribution in [-0.2, 0) is 4.29 Å². The Bertz CT molecular complexity index is 91.6. The van der Waals surface area contributed by atoms with Crippen LogP contribution in [0.1, 0.15) is 52.9 Å². The van der Waals surface area contributed by atoms with E-state index in [1.54, 1.807) is 0 Å². The molecule has 0 heterocycles. The SMILES string of the molecule is CCCCCCC(C)(C)OCl. The largest absolute Gasteiger partial charge is 0.273 e. The minimum absolute atomic E-state index is 0.144. The maximum Gasteiger partial charge on any atom is 0.0841 e. The van der Waals surface area contributed by atoms with Gasteiger partial charge in [0.1, 0.15) is 0 Å². The van der Waals surface area contributed by atoms with Crippen molar-refractivity contribution in [3.8, 4) is 0 Å². The standard InChI is InChI=1S/C9H19ClO/c1-4-5-6-7-8-9(2,3)11-10/h4-8H2,1-3H3. The molecule has 0 bridgehead atoms. The topological polar surface area (TPSA) is 9.23 Å². The van der Waals surface area contributed by atoms with E-state index >= 15 is 0 Å². The van der Waals surface area contributed by atoms with Crippen molar-refractivity contribution < 1.29 is 4.29 Å². The predicted octanol–water partition coefficient (Wildman–Crippen LogP) is 3.91. The Morgan fingerprint density at radius 2 is 1.82 bits per heavy atom. The molecule has 0 saturated heterocycles. The van der Waals surface area contributed by atoms with Gasteiger partial charge in [0.2, 0.25) is 0 Å². The molecule has 0 amide bonds. The summed E-state index contributed by atoms with van der Waals surface area (Å²) in [7, 11) is 0. The highest BCUT2D eigenvalue weighted by atomic mass is 35.5. The second-order valence-corrected chi connectivity index (χ2v) is 3.80. The summed E-state index contributed by atoms with van der Waals surface area (Å²) < 4.78 is 4.79. The van der Waals surface area contributed by atoms with Crippen LogP contribution in [0, 0.1) is 0 Å². The van der Waals surface area contributed by atoms with Crippen LogP contribution in [0.5, 0.6) is 0 Å². The summed E-state index contributed by atoms with van der Waals surface area (Å²) in [6.07, 6.45) is 6.16. The van der Waals surface area contributed by atoms with Crippen LogP contribution in [-0.4, -0.2) is 5.60 Å². The maximum absolute atomic E-state index is 5.31. The van der Waals surface area contributed by atoms with Crippen molar-refractivity contribution in [1.29, 1.82) is 0 Å². The summed E-state index contributed by atoms with van der Waals surface area (Å²) in [6.45, 7) is 6.25. The van der Waals surface area contributed by atoms with E-state index in [9.17, 15) is 0 Å². The molecule has 0 aliphatic heterocycles. The number of rotatable bonds is 6. The third-order valence-corrected chi connectivity index (χ3v) is 2.26. The first kappa shape index (κ1) is 11.2. The molecule has 68 valence electrons. The molecule has 0 aromatic rings. The predicted molar refractivity (Wildman–Crippen MR) is 49.8 cm³/mol. The summed E-state index contributed by atoms with van der Waals surface area (Å²) in [5, 5.41) is 0. The van der Waals surface area contributed by atoms with Crippen molar-refractivity contribution in [3.05, 3.63) is 0 Å². The molecule has 0 aromatic carbocycles. The molecular weight excluding hydrogens is 160 g/mol. The average molecular weight is 179 g/mol. The van der Waals surface area contributed by atoms with Gasteiger partial charge in [0.15, 0.2) is 0 Å². The number of halogens is 1. The van der Waals surface area contributed by atoms with E-state index < -0.39 is 0 Å². The lowest BCUT2D eigenvalue weighted by Gasteiger charge is -2.19. The minimum Gasteiger partial charge on any atom is -0.273 e. The molecule has 0 rings (SSSR count). The Morgan fingerprint density at radius 3 is 2.27 bits per heavy atom. The zero-order valence-corrected chi connectivity index (χ0v) is 8.58. The highest BCUT2D eigenvalue weighted by Crippen LogP contribution is 2.19.